The molecule has 0 aromatic rings. The lowest BCUT2D eigenvalue weighted by molar-refractivity contribution is -0.373. The van der Waals surface area contributed by atoms with Gasteiger partial charge in [-0.1, -0.05) is 0 Å². The zero-order valence-electron chi connectivity index (χ0n) is 19.1. The average molecular weight is 543 g/mol. The maximum Gasteiger partial charge on any atom is 0.317 e. The first-order chi connectivity index (χ1) is 17.2. The Hall–Kier alpha value is -1.58. The van der Waals surface area contributed by atoms with Gasteiger partial charge in [0, 0.05) is 0 Å². The van der Waals surface area contributed by atoms with E-state index in [2.05, 4.69) is 0 Å². The van der Waals surface area contributed by atoms with Crippen LogP contribution in [0.1, 0.15) is 6.42 Å². The second-order valence-corrected chi connectivity index (χ2v) is 9.19. The van der Waals surface area contributed by atoms with E-state index in [1.807, 2.05) is 0 Å². The van der Waals surface area contributed by atoms with Crippen molar-refractivity contribution in [1.82, 2.24) is 0 Å². The van der Waals surface area contributed by atoms with Crippen LogP contribution in [0.5, 0.6) is 0 Å². The molecule has 0 spiro atoms. The van der Waals surface area contributed by atoms with E-state index in [4.69, 9.17) is 24.1 Å². The minimum absolute atomic E-state index is 0.453. The summed E-state index contributed by atoms with van der Waals surface area (Å²) in [5.41, 5.74) is -6.33. The van der Waals surface area contributed by atoms with Gasteiger partial charge in [0.25, 0.3) is 0 Å². The Kier molecular flexibility index (Phi) is 9.12. The van der Waals surface area contributed by atoms with Crippen molar-refractivity contribution < 1.29 is 84.7 Å². The van der Waals surface area contributed by atoms with E-state index in [9.17, 15) is 60.7 Å². The molecule has 13 atom stereocenters. The van der Waals surface area contributed by atoms with Crippen LogP contribution in [-0.4, -0.2) is 166 Å². The predicted molar refractivity (Wildman–Crippen MR) is 110 cm³/mol. The first-order valence-corrected chi connectivity index (χ1v) is 11.2. The fourth-order valence-corrected chi connectivity index (χ4v) is 4.71. The van der Waals surface area contributed by atoms with Gasteiger partial charge in [-0.05, 0) is 0 Å². The molecule has 0 aliphatic carbocycles. The summed E-state index contributed by atoms with van der Waals surface area (Å²) in [5, 5.41) is 114. The summed E-state index contributed by atoms with van der Waals surface area (Å²) in [6, 6.07) is 0. The molecule has 3 rings (SSSR count). The van der Waals surface area contributed by atoms with Gasteiger partial charge in [0.2, 0.25) is 0 Å². The van der Waals surface area contributed by atoms with Crippen LogP contribution in [-0.2, 0) is 28.5 Å². The molecule has 1 radical (unpaired) electrons. The lowest BCUT2D eigenvalue weighted by atomic mass is 9.64. The van der Waals surface area contributed by atoms with E-state index in [0.29, 0.717) is 6.61 Å². The number of hydrogen-bond acceptors (Lipinski definition) is 16. The fourth-order valence-electron chi connectivity index (χ4n) is 4.71. The molecule has 17 nitrogen and oxygen atoms in total. The molecule has 0 bridgehead atoms. The SMILES string of the molecule is O=C(O)CC(=O)OC[C@@H]1OC([C@]2(O)[C@H](O)[C@@H](CO)O[CH][C@@]2(O)[C@@H]2OC[C@@H](O)[C@H](O)[C@H]2O)[C@@H](O)[C@H](O)[C@H]1O. The lowest BCUT2D eigenvalue weighted by Gasteiger charge is -2.60. The average Bonchev–Trinajstić information content (AvgIpc) is 2.84. The largest absolute Gasteiger partial charge is 0.481 e. The van der Waals surface area contributed by atoms with Crippen LogP contribution in [0.15, 0.2) is 0 Å². The maximum atomic E-state index is 11.8. The summed E-state index contributed by atoms with van der Waals surface area (Å²) in [4.78, 5) is 22.3. The van der Waals surface area contributed by atoms with Crippen LogP contribution in [0.25, 0.3) is 0 Å². The number of carbonyl (C=O) groups excluding carboxylic acids is 1. The molecule has 3 aliphatic heterocycles. The summed E-state index contributed by atoms with van der Waals surface area (Å²) < 4.78 is 20.4. The van der Waals surface area contributed by atoms with Crippen molar-refractivity contribution in [2.24, 2.45) is 0 Å². The Balaban J connectivity index is 1.99. The van der Waals surface area contributed by atoms with Crippen molar-refractivity contribution in [3.8, 4) is 0 Å². The third-order valence-electron chi connectivity index (χ3n) is 6.83. The molecule has 0 aromatic carbocycles. The molecule has 11 N–H and O–H groups in total. The Morgan fingerprint density at radius 1 is 0.892 bits per heavy atom. The maximum absolute atomic E-state index is 11.8. The Bertz CT molecular complexity index is 827. The highest BCUT2D eigenvalue weighted by Gasteiger charge is 2.72. The van der Waals surface area contributed by atoms with Gasteiger partial charge < -0.3 is 75.1 Å². The molecule has 3 heterocycles. The molecular weight excluding hydrogens is 512 g/mol. The minimum atomic E-state index is -3.24. The Morgan fingerprint density at radius 2 is 1.51 bits per heavy atom. The van der Waals surface area contributed by atoms with Crippen LogP contribution in [0.4, 0.5) is 0 Å². The van der Waals surface area contributed by atoms with Gasteiger partial charge in [-0.2, -0.15) is 0 Å². The highest BCUT2D eigenvalue weighted by atomic mass is 16.6. The van der Waals surface area contributed by atoms with Crippen LogP contribution in [0, 0.1) is 6.61 Å². The number of esters is 1. The Morgan fingerprint density at radius 3 is 2.11 bits per heavy atom. The monoisotopic (exact) mass is 543 g/mol. The molecule has 1 unspecified atom stereocenters. The van der Waals surface area contributed by atoms with Gasteiger partial charge in [0.1, 0.15) is 86.8 Å². The van der Waals surface area contributed by atoms with Crippen LogP contribution in [0.2, 0.25) is 0 Å². The number of aliphatic carboxylic acids is 1. The molecule has 37 heavy (non-hydrogen) atoms. The van der Waals surface area contributed by atoms with Crippen LogP contribution >= 0.6 is 0 Å². The van der Waals surface area contributed by atoms with E-state index >= 15 is 0 Å². The van der Waals surface area contributed by atoms with E-state index in [0.717, 1.165) is 0 Å². The van der Waals surface area contributed by atoms with Gasteiger partial charge in [0.15, 0.2) is 11.2 Å². The quantitative estimate of drug-likeness (QED) is 0.105. The zero-order valence-corrected chi connectivity index (χ0v) is 19.1. The van der Waals surface area contributed by atoms with E-state index in [-0.39, 0.29) is 0 Å². The first kappa shape index (κ1) is 30.0. The number of hydrogen-bond donors (Lipinski definition) is 11. The zero-order chi connectivity index (χ0) is 27.9. The van der Waals surface area contributed by atoms with Crippen LogP contribution in [0.3, 0.4) is 0 Å². The minimum Gasteiger partial charge on any atom is -0.481 e. The molecule has 3 saturated heterocycles. The Labute approximate surface area is 208 Å². The standard InChI is InChI=1S/C20H31O17/c21-2-7-16(31)20(33,19(32,5-36-7)17-14(29)11(26)6(22)3-35-17)18-15(30)13(28)12(27)8(37-18)4-34-10(25)1-9(23)24/h5-8,11-18,21-22,26-33H,1-4H2,(H,23,24)/t6-,7-,8+,11+,12+,13-,14-,15+,16-,17-,18?,19-,20-/m1/s1. The van der Waals surface area contributed by atoms with E-state index in [1.165, 1.54) is 0 Å². The third kappa shape index (κ3) is 5.20. The predicted octanol–water partition coefficient (Wildman–Crippen LogP) is -7.29. The number of rotatable bonds is 7. The van der Waals surface area contributed by atoms with Gasteiger partial charge in [0.05, 0.1) is 13.2 Å². The van der Waals surface area contributed by atoms with Gasteiger partial charge in [-0.25, -0.2) is 0 Å². The van der Waals surface area contributed by atoms with Crippen molar-refractivity contribution in [3.05, 3.63) is 6.61 Å². The molecule has 3 fully saturated rings. The molecule has 17 heteroatoms. The summed E-state index contributed by atoms with van der Waals surface area (Å²) in [7, 11) is 0. The molecule has 0 saturated carbocycles. The smallest absolute Gasteiger partial charge is 0.317 e. The van der Waals surface area contributed by atoms with Gasteiger partial charge in [-0.3, -0.25) is 9.59 Å². The van der Waals surface area contributed by atoms with Crippen molar-refractivity contribution in [1.29, 1.82) is 0 Å². The van der Waals surface area contributed by atoms with E-state index < -0.39 is 117 Å². The lowest BCUT2D eigenvalue weighted by Crippen LogP contribution is -2.83. The van der Waals surface area contributed by atoms with Crippen molar-refractivity contribution in [2.45, 2.75) is 84.8 Å². The second-order valence-electron chi connectivity index (χ2n) is 9.19. The molecule has 0 aromatic heterocycles. The molecule has 3 aliphatic rings. The van der Waals surface area contributed by atoms with Gasteiger partial charge >= 0.3 is 11.9 Å². The number of carboxylic acids is 1. The summed E-state index contributed by atoms with van der Waals surface area (Å²) in [5.74, 6) is -2.79. The highest BCUT2D eigenvalue weighted by molar-refractivity contribution is 5.90. The molecular formula is C20H31O17. The molecule has 213 valence electrons. The number of carbonyl (C=O) groups is 2. The fraction of sp³-hybridized carbons (Fsp3) is 0.850. The van der Waals surface area contributed by atoms with Crippen molar-refractivity contribution >= 4 is 11.9 Å². The van der Waals surface area contributed by atoms with E-state index in [1.54, 1.807) is 0 Å². The van der Waals surface area contributed by atoms with Crippen molar-refractivity contribution in [3.63, 3.8) is 0 Å². The normalized spacial score (nSPS) is 48.9. The number of aliphatic hydroxyl groups is 10. The number of aliphatic hydroxyl groups excluding tert-OH is 8. The molecule has 0 amide bonds. The number of carboxylic acid groups (broad SMARTS) is 1. The highest BCUT2D eigenvalue weighted by Crippen LogP contribution is 2.47. The van der Waals surface area contributed by atoms with Gasteiger partial charge in [-0.15, -0.1) is 0 Å². The summed E-state index contributed by atoms with van der Waals surface area (Å²) >= 11 is 0. The first-order valence-electron chi connectivity index (χ1n) is 11.2. The number of ether oxygens (including phenoxy) is 4. The third-order valence-corrected chi connectivity index (χ3v) is 6.83. The second kappa shape index (κ2) is 11.3. The van der Waals surface area contributed by atoms with Crippen molar-refractivity contribution in [2.75, 3.05) is 19.8 Å². The topological polar surface area (TPSA) is 294 Å². The summed E-state index contributed by atoms with van der Waals surface area (Å²) in [6.45, 7) is -2.09. The summed E-state index contributed by atoms with van der Waals surface area (Å²) in [6.07, 6.45) is -23.3. The van der Waals surface area contributed by atoms with Crippen LogP contribution < -0.4 is 0 Å².